The molecular formula is C18H21N5O. The molecule has 124 valence electrons. The van der Waals surface area contributed by atoms with Gasteiger partial charge in [-0.1, -0.05) is 11.2 Å². The van der Waals surface area contributed by atoms with E-state index < -0.39 is 0 Å². The van der Waals surface area contributed by atoms with Crippen LogP contribution < -0.4 is 4.90 Å². The van der Waals surface area contributed by atoms with E-state index in [0.29, 0.717) is 0 Å². The van der Waals surface area contributed by atoms with Gasteiger partial charge in [0.25, 0.3) is 0 Å². The largest absolute Gasteiger partial charge is 0.361 e. The monoisotopic (exact) mass is 323 g/mol. The van der Waals surface area contributed by atoms with E-state index >= 15 is 0 Å². The van der Waals surface area contributed by atoms with Crippen molar-refractivity contribution in [2.24, 2.45) is 0 Å². The molecule has 6 nitrogen and oxygen atoms in total. The fourth-order valence-corrected chi connectivity index (χ4v) is 3.36. The van der Waals surface area contributed by atoms with Crippen LogP contribution >= 0.6 is 0 Å². The van der Waals surface area contributed by atoms with Gasteiger partial charge in [-0.15, -0.1) is 0 Å². The van der Waals surface area contributed by atoms with Gasteiger partial charge >= 0.3 is 0 Å². The molecule has 1 aliphatic heterocycles. The van der Waals surface area contributed by atoms with Gasteiger partial charge in [-0.3, -0.25) is 0 Å². The highest BCUT2D eigenvalue weighted by atomic mass is 16.5. The number of aryl methyl sites for hydroxylation is 2. The molecule has 24 heavy (non-hydrogen) atoms. The molecule has 0 aliphatic carbocycles. The molecule has 2 aromatic heterocycles. The second-order valence-corrected chi connectivity index (χ2v) is 6.42. The molecule has 0 N–H and O–H groups in total. The minimum Gasteiger partial charge on any atom is -0.361 e. The van der Waals surface area contributed by atoms with E-state index in [9.17, 15) is 0 Å². The third-order valence-electron chi connectivity index (χ3n) is 4.74. The molecule has 3 aromatic rings. The van der Waals surface area contributed by atoms with E-state index in [4.69, 9.17) is 4.52 Å². The molecule has 0 amide bonds. The zero-order valence-corrected chi connectivity index (χ0v) is 14.3. The summed E-state index contributed by atoms with van der Waals surface area (Å²) in [5.74, 6) is 1.85. The molecule has 0 atom stereocenters. The van der Waals surface area contributed by atoms with Crippen molar-refractivity contribution in [3.8, 4) is 11.1 Å². The summed E-state index contributed by atoms with van der Waals surface area (Å²) in [6, 6.07) is 6.29. The van der Waals surface area contributed by atoms with Crippen molar-refractivity contribution in [2.75, 3.05) is 38.1 Å². The lowest BCUT2D eigenvalue weighted by molar-refractivity contribution is 0.312. The normalized spacial score (nSPS) is 16.0. The molecule has 0 bridgehead atoms. The fourth-order valence-electron chi connectivity index (χ4n) is 3.36. The first-order chi connectivity index (χ1) is 11.6. The Morgan fingerprint density at radius 1 is 1.04 bits per heavy atom. The summed E-state index contributed by atoms with van der Waals surface area (Å²) < 4.78 is 5.32. The van der Waals surface area contributed by atoms with Crippen LogP contribution in [0, 0.1) is 13.8 Å². The molecule has 3 heterocycles. The summed E-state index contributed by atoms with van der Waals surface area (Å²) >= 11 is 0. The van der Waals surface area contributed by atoms with Gasteiger partial charge in [-0.2, -0.15) is 0 Å². The second kappa shape index (κ2) is 5.87. The lowest BCUT2D eigenvalue weighted by atomic mass is 10.0. The number of fused-ring (bicyclic) bond motifs is 1. The number of piperazine rings is 1. The maximum atomic E-state index is 5.32. The highest BCUT2D eigenvalue weighted by Crippen LogP contribution is 2.32. The number of anilines is 1. The van der Waals surface area contributed by atoms with Gasteiger partial charge in [0.2, 0.25) is 0 Å². The van der Waals surface area contributed by atoms with E-state index in [1.807, 2.05) is 13.8 Å². The molecular weight excluding hydrogens is 302 g/mol. The zero-order valence-electron chi connectivity index (χ0n) is 14.3. The van der Waals surface area contributed by atoms with Crippen LogP contribution in [0.25, 0.3) is 22.0 Å². The average Bonchev–Trinajstić information content (AvgIpc) is 2.93. The number of benzene rings is 1. The van der Waals surface area contributed by atoms with Crippen molar-refractivity contribution >= 4 is 16.7 Å². The fraction of sp³-hybridized carbons (Fsp3) is 0.389. The molecule has 0 saturated carbocycles. The molecule has 1 aromatic carbocycles. The quantitative estimate of drug-likeness (QED) is 0.722. The van der Waals surface area contributed by atoms with Gasteiger partial charge in [0.1, 0.15) is 17.9 Å². The van der Waals surface area contributed by atoms with Crippen LogP contribution in [0.15, 0.2) is 29.0 Å². The van der Waals surface area contributed by atoms with Gasteiger partial charge in [0, 0.05) is 37.1 Å². The van der Waals surface area contributed by atoms with E-state index in [2.05, 4.69) is 50.2 Å². The Morgan fingerprint density at radius 3 is 2.54 bits per heavy atom. The Morgan fingerprint density at radius 2 is 1.83 bits per heavy atom. The average molecular weight is 323 g/mol. The molecule has 6 heteroatoms. The predicted molar refractivity (Wildman–Crippen MR) is 94.2 cm³/mol. The van der Waals surface area contributed by atoms with Crippen LogP contribution in [0.3, 0.4) is 0 Å². The molecule has 0 radical (unpaired) electrons. The highest BCUT2D eigenvalue weighted by Gasteiger charge is 2.19. The Balaban J connectivity index is 1.82. The lowest BCUT2D eigenvalue weighted by Gasteiger charge is -2.33. The predicted octanol–water partition coefficient (Wildman–Crippen LogP) is 2.65. The summed E-state index contributed by atoms with van der Waals surface area (Å²) in [6.07, 6.45) is 1.66. The molecule has 0 unspecified atom stereocenters. The van der Waals surface area contributed by atoms with Crippen LogP contribution in [-0.2, 0) is 0 Å². The number of aromatic nitrogens is 3. The maximum absolute atomic E-state index is 5.32. The Kier molecular flexibility index (Phi) is 3.69. The summed E-state index contributed by atoms with van der Waals surface area (Å²) in [5.41, 5.74) is 4.04. The molecule has 1 saturated heterocycles. The van der Waals surface area contributed by atoms with Crippen molar-refractivity contribution in [2.45, 2.75) is 13.8 Å². The van der Waals surface area contributed by atoms with E-state index in [1.165, 1.54) is 0 Å². The van der Waals surface area contributed by atoms with Gasteiger partial charge < -0.3 is 14.3 Å². The Labute approximate surface area is 141 Å². The molecule has 4 rings (SSSR count). The SMILES string of the molecule is Cc1noc(C)c1-c1ccc2ncnc(N3CCN(C)CC3)c2c1. The van der Waals surface area contributed by atoms with Crippen LogP contribution in [-0.4, -0.2) is 53.3 Å². The highest BCUT2D eigenvalue weighted by molar-refractivity contribution is 5.93. The van der Waals surface area contributed by atoms with Gasteiger partial charge in [-0.05, 0) is 38.6 Å². The van der Waals surface area contributed by atoms with Crippen molar-refractivity contribution in [1.29, 1.82) is 0 Å². The first kappa shape index (κ1) is 15.1. The van der Waals surface area contributed by atoms with Crippen molar-refractivity contribution in [3.63, 3.8) is 0 Å². The number of rotatable bonds is 2. The summed E-state index contributed by atoms with van der Waals surface area (Å²) in [4.78, 5) is 13.7. The van der Waals surface area contributed by atoms with Crippen LogP contribution in [0.1, 0.15) is 11.5 Å². The topological polar surface area (TPSA) is 58.3 Å². The minimum absolute atomic E-state index is 0.838. The lowest BCUT2D eigenvalue weighted by Crippen LogP contribution is -2.44. The Bertz CT molecular complexity index is 861. The van der Waals surface area contributed by atoms with E-state index in [1.54, 1.807) is 6.33 Å². The zero-order chi connectivity index (χ0) is 16.7. The minimum atomic E-state index is 0.838. The van der Waals surface area contributed by atoms with Crippen LogP contribution in [0.5, 0.6) is 0 Å². The second-order valence-electron chi connectivity index (χ2n) is 6.42. The molecule has 0 spiro atoms. The van der Waals surface area contributed by atoms with Crippen molar-refractivity contribution < 1.29 is 4.52 Å². The number of likely N-dealkylation sites (N-methyl/N-ethyl adjacent to an activating group) is 1. The van der Waals surface area contributed by atoms with E-state index in [0.717, 1.165) is 65.5 Å². The third kappa shape index (κ3) is 2.53. The van der Waals surface area contributed by atoms with Crippen LogP contribution in [0.4, 0.5) is 5.82 Å². The summed E-state index contributed by atoms with van der Waals surface area (Å²) in [6.45, 7) is 7.99. The first-order valence-electron chi connectivity index (χ1n) is 8.25. The smallest absolute Gasteiger partial charge is 0.141 e. The molecule has 1 fully saturated rings. The van der Waals surface area contributed by atoms with Crippen molar-refractivity contribution in [3.05, 3.63) is 36.0 Å². The molecule has 1 aliphatic rings. The van der Waals surface area contributed by atoms with Crippen LogP contribution in [0.2, 0.25) is 0 Å². The summed E-state index contributed by atoms with van der Waals surface area (Å²) in [7, 11) is 2.16. The Hall–Kier alpha value is -2.47. The first-order valence-corrected chi connectivity index (χ1v) is 8.25. The van der Waals surface area contributed by atoms with Gasteiger partial charge in [-0.25, -0.2) is 9.97 Å². The maximum Gasteiger partial charge on any atom is 0.141 e. The number of hydrogen-bond donors (Lipinski definition) is 0. The summed E-state index contributed by atoms with van der Waals surface area (Å²) in [5, 5.41) is 5.15. The third-order valence-corrected chi connectivity index (χ3v) is 4.74. The number of nitrogens with zero attached hydrogens (tertiary/aromatic N) is 5. The van der Waals surface area contributed by atoms with Gasteiger partial charge in [0.15, 0.2) is 0 Å². The van der Waals surface area contributed by atoms with E-state index in [-0.39, 0.29) is 0 Å². The van der Waals surface area contributed by atoms with Gasteiger partial charge in [0.05, 0.1) is 11.2 Å². The number of hydrogen-bond acceptors (Lipinski definition) is 6. The standard InChI is InChI=1S/C18H21N5O/c1-12-17(13(2)24-21-12)14-4-5-16-15(10-14)18(20-11-19-16)23-8-6-22(3)7-9-23/h4-5,10-11H,6-9H2,1-3H3. The van der Waals surface area contributed by atoms with Crippen molar-refractivity contribution in [1.82, 2.24) is 20.0 Å².